The number of hydrogen-bond donors (Lipinski definition) is 2. The molecule has 1 aromatic heterocycles. The van der Waals surface area contributed by atoms with Gasteiger partial charge in [-0.15, -0.1) is 0 Å². The predicted octanol–water partition coefficient (Wildman–Crippen LogP) is 4.04. The van der Waals surface area contributed by atoms with Crippen LogP contribution in [0.25, 0.3) is 11.3 Å². The Kier molecular flexibility index (Phi) is 6.59. The van der Waals surface area contributed by atoms with Gasteiger partial charge in [-0.25, -0.2) is 10.8 Å². The first-order chi connectivity index (χ1) is 13.8. The molecule has 0 aliphatic carbocycles. The molecule has 0 spiro atoms. The first kappa shape index (κ1) is 20.9. The molecule has 0 radical (unpaired) electrons. The van der Waals surface area contributed by atoms with Crippen LogP contribution in [0.4, 0.5) is 5.69 Å². The van der Waals surface area contributed by atoms with Crippen molar-refractivity contribution in [2.24, 2.45) is 11.6 Å². The van der Waals surface area contributed by atoms with Crippen LogP contribution in [-0.2, 0) is 6.42 Å². The minimum atomic E-state index is -0.166. The normalized spacial score (nSPS) is 12.6. The van der Waals surface area contributed by atoms with Crippen LogP contribution in [0, 0.1) is 0 Å². The molecule has 0 amide bonds. The van der Waals surface area contributed by atoms with E-state index in [2.05, 4.69) is 4.98 Å². The molecule has 3 rings (SSSR count). The lowest BCUT2D eigenvalue weighted by Crippen LogP contribution is -2.27. The SMILES string of the molecule is CC(Cc1ccccc1)n1cnc(-c2cc(Cl)ccc2N(N)/C=C(\N)Cl)cc1=O. The van der Waals surface area contributed by atoms with Crippen LogP contribution in [0.1, 0.15) is 18.5 Å². The van der Waals surface area contributed by atoms with E-state index in [1.165, 1.54) is 17.3 Å². The van der Waals surface area contributed by atoms with E-state index < -0.39 is 0 Å². The lowest BCUT2D eigenvalue weighted by atomic mass is 10.1. The Morgan fingerprint density at radius 1 is 1.24 bits per heavy atom. The highest BCUT2D eigenvalue weighted by Gasteiger charge is 2.14. The van der Waals surface area contributed by atoms with Gasteiger partial charge in [0.2, 0.25) is 0 Å². The number of nitrogens with zero attached hydrogens (tertiary/aromatic N) is 3. The lowest BCUT2D eigenvalue weighted by Gasteiger charge is -2.19. The van der Waals surface area contributed by atoms with Crippen molar-refractivity contribution in [2.75, 3.05) is 5.01 Å². The van der Waals surface area contributed by atoms with Gasteiger partial charge in [-0.3, -0.25) is 14.4 Å². The molecule has 1 atom stereocenters. The summed E-state index contributed by atoms with van der Waals surface area (Å²) < 4.78 is 1.61. The van der Waals surface area contributed by atoms with Crippen molar-refractivity contribution < 1.29 is 0 Å². The Morgan fingerprint density at radius 3 is 2.62 bits per heavy atom. The zero-order valence-electron chi connectivity index (χ0n) is 15.8. The fourth-order valence-corrected chi connectivity index (χ4v) is 3.36. The second kappa shape index (κ2) is 9.13. The van der Waals surface area contributed by atoms with E-state index in [1.807, 2.05) is 37.3 Å². The predicted molar refractivity (Wildman–Crippen MR) is 119 cm³/mol. The Balaban J connectivity index is 1.95. The standard InChI is InChI=1S/C21H21Cl2N5O/c1-14(9-15-5-3-2-4-6-15)27-13-26-18(11-21(27)29)17-10-16(22)7-8-19(17)28(25)12-20(23)24/h2-8,10-14H,9,24-25H2,1H3/b20-12-. The Labute approximate surface area is 179 Å². The van der Waals surface area contributed by atoms with Crippen molar-refractivity contribution in [3.63, 3.8) is 0 Å². The average Bonchev–Trinajstić information content (AvgIpc) is 2.67. The summed E-state index contributed by atoms with van der Waals surface area (Å²) in [4.78, 5) is 17.3. The molecule has 0 saturated carbocycles. The van der Waals surface area contributed by atoms with E-state index in [1.54, 1.807) is 29.1 Å². The maximum Gasteiger partial charge on any atom is 0.254 e. The number of halogens is 2. The molecular weight excluding hydrogens is 409 g/mol. The smallest absolute Gasteiger partial charge is 0.254 e. The van der Waals surface area contributed by atoms with E-state index in [9.17, 15) is 4.79 Å². The summed E-state index contributed by atoms with van der Waals surface area (Å²) in [6.45, 7) is 1.98. The third-order valence-electron chi connectivity index (χ3n) is 4.46. The van der Waals surface area contributed by atoms with Gasteiger partial charge in [0.05, 0.1) is 23.9 Å². The van der Waals surface area contributed by atoms with Gasteiger partial charge < -0.3 is 5.73 Å². The molecule has 29 heavy (non-hydrogen) atoms. The molecule has 2 aromatic carbocycles. The summed E-state index contributed by atoms with van der Waals surface area (Å²) in [6, 6.07) is 16.5. The molecule has 8 heteroatoms. The van der Waals surface area contributed by atoms with Crippen LogP contribution in [-0.4, -0.2) is 9.55 Å². The van der Waals surface area contributed by atoms with Gasteiger partial charge in [-0.2, -0.15) is 0 Å². The van der Waals surface area contributed by atoms with Crippen molar-refractivity contribution in [1.29, 1.82) is 0 Å². The van der Waals surface area contributed by atoms with Crippen LogP contribution >= 0.6 is 23.2 Å². The van der Waals surface area contributed by atoms with Gasteiger partial charge in [-0.1, -0.05) is 53.5 Å². The number of hydrogen-bond acceptors (Lipinski definition) is 5. The second-order valence-corrected chi connectivity index (χ2v) is 7.51. The maximum absolute atomic E-state index is 12.8. The van der Waals surface area contributed by atoms with Crippen LogP contribution in [0.2, 0.25) is 5.02 Å². The van der Waals surface area contributed by atoms with Crippen LogP contribution < -0.4 is 22.1 Å². The zero-order valence-corrected chi connectivity index (χ0v) is 17.3. The Morgan fingerprint density at radius 2 is 1.97 bits per heavy atom. The largest absolute Gasteiger partial charge is 0.388 e. The van der Waals surface area contributed by atoms with Crippen molar-refractivity contribution in [3.8, 4) is 11.3 Å². The summed E-state index contributed by atoms with van der Waals surface area (Å²) in [6.07, 6.45) is 3.63. The number of aromatic nitrogens is 2. The number of hydrazine groups is 1. The van der Waals surface area contributed by atoms with Gasteiger partial charge in [0.15, 0.2) is 0 Å². The fraction of sp³-hybridized carbons (Fsp3) is 0.143. The molecule has 0 aliphatic heterocycles. The van der Waals surface area contributed by atoms with Crippen molar-refractivity contribution >= 4 is 28.9 Å². The van der Waals surface area contributed by atoms with E-state index in [0.717, 1.165) is 12.0 Å². The van der Waals surface area contributed by atoms with E-state index in [4.69, 9.17) is 34.8 Å². The van der Waals surface area contributed by atoms with Crippen LogP contribution in [0.5, 0.6) is 0 Å². The Bertz CT molecular complexity index is 1080. The molecule has 0 saturated heterocycles. The van der Waals surface area contributed by atoms with E-state index in [-0.39, 0.29) is 16.8 Å². The van der Waals surface area contributed by atoms with Crippen LogP contribution in [0.15, 0.2) is 77.1 Å². The zero-order chi connectivity index (χ0) is 21.0. The van der Waals surface area contributed by atoms with Gasteiger partial charge >= 0.3 is 0 Å². The number of benzene rings is 2. The van der Waals surface area contributed by atoms with Crippen molar-refractivity contribution in [2.45, 2.75) is 19.4 Å². The molecule has 0 aliphatic rings. The molecule has 1 unspecified atom stereocenters. The Hall–Kier alpha value is -2.80. The topological polar surface area (TPSA) is 90.2 Å². The third kappa shape index (κ3) is 5.17. The summed E-state index contributed by atoms with van der Waals surface area (Å²) in [5, 5.41) is 1.77. The molecular formula is C21H21Cl2N5O. The summed E-state index contributed by atoms with van der Waals surface area (Å²) in [5.74, 6) is 6.02. The maximum atomic E-state index is 12.8. The highest BCUT2D eigenvalue weighted by Crippen LogP contribution is 2.31. The highest BCUT2D eigenvalue weighted by atomic mass is 35.5. The van der Waals surface area contributed by atoms with E-state index in [0.29, 0.717) is 22.0 Å². The van der Waals surface area contributed by atoms with Gasteiger partial charge in [0.25, 0.3) is 5.56 Å². The quantitative estimate of drug-likeness (QED) is 0.350. The lowest BCUT2D eigenvalue weighted by molar-refractivity contribution is 0.519. The molecule has 0 fully saturated rings. The molecule has 150 valence electrons. The average molecular weight is 430 g/mol. The second-order valence-electron chi connectivity index (χ2n) is 6.64. The monoisotopic (exact) mass is 429 g/mol. The summed E-state index contributed by atoms with van der Waals surface area (Å²) >= 11 is 11.9. The van der Waals surface area contributed by atoms with Crippen molar-refractivity contribution in [1.82, 2.24) is 9.55 Å². The highest BCUT2D eigenvalue weighted by molar-refractivity contribution is 6.31. The first-order valence-electron chi connectivity index (χ1n) is 8.94. The summed E-state index contributed by atoms with van der Waals surface area (Å²) in [5.41, 5.74) is 8.08. The molecule has 3 aromatic rings. The molecule has 0 bridgehead atoms. The number of rotatable bonds is 6. The summed E-state index contributed by atoms with van der Waals surface area (Å²) in [7, 11) is 0. The van der Waals surface area contributed by atoms with Gasteiger partial charge in [-0.05, 0) is 37.1 Å². The van der Waals surface area contributed by atoms with E-state index >= 15 is 0 Å². The van der Waals surface area contributed by atoms with Gasteiger partial charge in [0, 0.05) is 22.7 Å². The minimum absolute atomic E-state index is 0.0199. The number of anilines is 1. The first-order valence-corrected chi connectivity index (χ1v) is 9.69. The molecule has 1 heterocycles. The molecule has 4 N–H and O–H groups in total. The number of nitrogens with two attached hydrogens (primary N) is 2. The van der Waals surface area contributed by atoms with Gasteiger partial charge in [0.1, 0.15) is 5.16 Å². The third-order valence-corrected chi connectivity index (χ3v) is 4.79. The minimum Gasteiger partial charge on any atom is -0.388 e. The fourth-order valence-electron chi connectivity index (χ4n) is 3.08. The molecule has 6 nitrogen and oxygen atoms in total. The van der Waals surface area contributed by atoms with Crippen molar-refractivity contribution in [3.05, 3.63) is 93.2 Å². The van der Waals surface area contributed by atoms with Crippen LogP contribution in [0.3, 0.4) is 0 Å².